The maximum Gasteiger partial charge on any atom is 0.409 e. The van der Waals surface area contributed by atoms with Crippen LogP contribution in [0.1, 0.15) is 38.0 Å². The molecule has 0 aliphatic heterocycles. The summed E-state index contributed by atoms with van der Waals surface area (Å²) in [5.74, 6) is -2.29. The maximum atomic E-state index is 12.7. The summed E-state index contributed by atoms with van der Waals surface area (Å²) in [6.45, 7) is 4.81. The first-order valence-corrected chi connectivity index (χ1v) is 9.77. The van der Waals surface area contributed by atoms with Crippen molar-refractivity contribution < 1.29 is 39.4 Å². The van der Waals surface area contributed by atoms with Crippen molar-refractivity contribution in [3.63, 3.8) is 0 Å². The molecular formula is C22H26N2O8. The number of carboxylic acid groups (broad SMARTS) is 1. The van der Waals surface area contributed by atoms with Crippen LogP contribution >= 0.6 is 0 Å². The zero-order valence-electron chi connectivity index (χ0n) is 17.9. The van der Waals surface area contributed by atoms with Crippen molar-refractivity contribution in [3.05, 3.63) is 70.9 Å². The van der Waals surface area contributed by atoms with Crippen molar-refractivity contribution in [3.8, 4) is 0 Å². The number of nitrogens with one attached hydrogen (secondary N) is 2. The lowest BCUT2D eigenvalue weighted by Gasteiger charge is -2.26. The Hall–Kier alpha value is -3.47. The molecule has 0 bridgehead atoms. The number of para-hydroxylation sites is 1. The van der Waals surface area contributed by atoms with E-state index in [1.54, 1.807) is 51.1 Å². The highest BCUT2D eigenvalue weighted by atomic mass is 16.8. The fourth-order valence-electron chi connectivity index (χ4n) is 2.85. The van der Waals surface area contributed by atoms with E-state index in [0.717, 1.165) is 0 Å². The molecule has 2 rings (SSSR count). The molecule has 0 saturated carbocycles. The van der Waals surface area contributed by atoms with Crippen molar-refractivity contribution in [2.75, 3.05) is 0 Å². The highest BCUT2D eigenvalue weighted by molar-refractivity contribution is 5.84. The molecule has 2 unspecified atom stereocenters. The minimum absolute atomic E-state index is 0.0198. The number of aliphatic carboxylic acids is 1. The molecule has 3 atom stereocenters. The van der Waals surface area contributed by atoms with Crippen LogP contribution in [-0.2, 0) is 25.5 Å². The zero-order chi connectivity index (χ0) is 23.9. The molecule has 0 aliphatic carbocycles. The Balaban J connectivity index is 2.27. The van der Waals surface area contributed by atoms with Crippen molar-refractivity contribution in [2.45, 2.75) is 44.9 Å². The van der Waals surface area contributed by atoms with Gasteiger partial charge in [-0.1, -0.05) is 42.5 Å². The van der Waals surface area contributed by atoms with Gasteiger partial charge in [0.1, 0.15) is 11.6 Å². The molecule has 0 saturated heterocycles. The van der Waals surface area contributed by atoms with Crippen molar-refractivity contribution >= 4 is 23.7 Å². The molecule has 0 radical (unpaired) electrons. The number of esters is 1. The number of ether oxygens (including phenoxy) is 2. The first-order chi connectivity index (χ1) is 15.0. The van der Waals surface area contributed by atoms with Crippen LogP contribution < -0.4 is 10.5 Å². The lowest BCUT2D eigenvalue weighted by molar-refractivity contribution is -0.991. The third-order valence-corrected chi connectivity index (χ3v) is 4.19. The van der Waals surface area contributed by atoms with Gasteiger partial charge >= 0.3 is 18.0 Å². The number of carboxylic acids is 1. The lowest BCUT2D eigenvalue weighted by atomic mass is 10.1. The molecule has 172 valence electrons. The molecule has 32 heavy (non-hydrogen) atoms. The van der Waals surface area contributed by atoms with Gasteiger partial charge in [-0.3, -0.25) is 0 Å². The predicted molar refractivity (Wildman–Crippen MR) is 112 cm³/mol. The number of rotatable bonds is 8. The van der Waals surface area contributed by atoms with Gasteiger partial charge in [-0.25, -0.2) is 19.6 Å². The van der Waals surface area contributed by atoms with Gasteiger partial charge in [0.25, 0.3) is 0 Å². The second-order valence-corrected chi connectivity index (χ2v) is 7.94. The number of amides is 1. The summed E-state index contributed by atoms with van der Waals surface area (Å²) in [5, 5.41) is 31.4. The van der Waals surface area contributed by atoms with E-state index in [9.17, 15) is 29.9 Å². The molecule has 0 aromatic heterocycles. The average molecular weight is 446 g/mol. The third-order valence-electron chi connectivity index (χ3n) is 4.19. The van der Waals surface area contributed by atoms with Crippen LogP contribution in [-0.4, -0.2) is 40.0 Å². The van der Waals surface area contributed by atoms with Crippen molar-refractivity contribution in [1.82, 2.24) is 5.32 Å². The van der Waals surface area contributed by atoms with E-state index in [4.69, 9.17) is 9.47 Å². The van der Waals surface area contributed by atoms with Crippen LogP contribution in [0.3, 0.4) is 0 Å². The van der Waals surface area contributed by atoms with E-state index in [0.29, 0.717) is 5.56 Å². The quantitative estimate of drug-likeness (QED) is 0.355. The van der Waals surface area contributed by atoms with Gasteiger partial charge in [0.15, 0.2) is 5.69 Å². The molecule has 10 nitrogen and oxygen atoms in total. The van der Waals surface area contributed by atoms with E-state index in [1.807, 2.05) is 0 Å². The van der Waals surface area contributed by atoms with Crippen molar-refractivity contribution in [2.24, 2.45) is 0 Å². The Morgan fingerprint density at radius 3 is 2.22 bits per heavy atom. The van der Waals surface area contributed by atoms with E-state index < -0.39 is 41.0 Å². The van der Waals surface area contributed by atoms with Gasteiger partial charge in [-0.15, -0.1) is 0 Å². The number of quaternary nitrogens is 1. The molecule has 0 fully saturated rings. The monoisotopic (exact) mass is 446 g/mol. The van der Waals surface area contributed by atoms with Crippen LogP contribution in [0.2, 0.25) is 0 Å². The van der Waals surface area contributed by atoms with E-state index >= 15 is 0 Å². The molecule has 1 amide bonds. The largest absolute Gasteiger partial charge is 0.595 e. The van der Waals surface area contributed by atoms with E-state index in [1.165, 1.54) is 24.3 Å². The maximum absolute atomic E-state index is 12.7. The molecule has 4 N–H and O–H groups in total. The Labute approximate surface area is 184 Å². The summed E-state index contributed by atoms with van der Waals surface area (Å²) in [5.41, 5.74) is -0.626. The second-order valence-electron chi connectivity index (χ2n) is 7.94. The molecular weight excluding hydrogens is 420 g/mol. The number of hydrogen-bond donors (Lipinski definition) is 4. The number of carbonyl (C=O) groups excluding carboxylic acids is 2. The highest BCUT2D eigenvalue weighted by Crippen LogP contribution is 2.27. The predicted octanol–water partition coefficient (Wildman–Crippen LogP) is 1.89. The molecule has 0 aliphatic rings. The smallest absolute Gasteiger partial charge is 0.409 e. The van der Waals surface area contributed by atoms with Gasteiger partial charge in [-0.2, -0.15) is 5.23 Å². The molecule has 0 spiro atoms. The molecule has 0 heterocycles. The van der Waals surface area contributed by atoms with Gasteiger partial charge in [0.2, 0.25) is 6.10 Å². The fourth-order valence-corrected chi connectivity index (χ4v) is 2.85. The number of alkyl carbamates (subject to hydrolysis) is 1. The normalized spacial score (nSPS) is 14.0. The lowest BCUT2D eigenvalue weighted by Crippen LogP contribution is -2.99. The third kappa shape index (κ3) is 7.34. The summed E-state index contributed by atoms with van der Waals surface area (Å²) in [7, 11) is 0. The van der Waals surface area contributed by atoms with Gasteiger partial charge in [-0.05, 0) is 32.4 Å². The Bertz CT molecular complexity index is 940. The molecule has 2 aromatic carbocycles. The minimum atomic E-state index is -1.72. The minimum Gasteiger partial charge on any atom is -0.595 e. The summed E-state index contributed by atoms with van der Waals surface area (Å²) in [4.78, 5) is 36.9. The SMILES string of the molecule is CC(C)(C)OC(=O)C(OC(=O)N[C@H](Cc1ccccc1)C(=O)O)c1ccccc1[NH+]([O-])O. The number of benzene rings is 2. The van der Waals surface area contributed by atoms with Crippen LogP contribution in [0.5, 0.6) is 0 Å². The van der Waals surface area contributed by atoms with Crippen molar-refractivity contribution in [1.29, 1.82) is 0 Å². The van der Waals surface area contributed by atoms with Crippen LogP contribution in [0.4, 0.5) is 10.5 Å². The Morgan fingerprint density at radius 1 is 1.06 bits per heavy atom. The number of hydrogen-bond acceptors (Lipinski definition) is 7. The first-order valence-electron chi connectivity index (χ1n) is 9.77. The second kappa shape index (κ2) is 10.7. The average Bonchev–Trinajstić information content (AvgIpc) is 2.71. The zero-order valence-corrected chi connectivity index (χ0v) is 17.9. The first kappa shape index (κ1) is 24.8. The fraction of sp³-hybridized carbons (Fsp3) is 0.318. The standard InChI is InChI=1S/C22H26N2O8/c1-22(2,3)32-20(27)18(15-11-7-8-12-17(15)24(29)30)31-21(28)23-16(19(25)26)13-14-9-5-4-6-10-14/h4-12,16,18,24,29H,13H2,1-3H3,(H,23,28)(H,25,26)/t16-,18?/m1/s1. The molecule has 10 heteroatoms. The summed E-state index contributed by atoms with van der Waals surface area (Å²) >= 11 is 0. The summed E-state index contributed by atoms with van der Waals surface area (Å²) < 4.78 is 10.5. The van der Waals surface area contributed by atoms with Crippen LogP contribution in [0, 0.1) is 5.21 Å². The van der Waals surface area contributed by atoms with Gasteiger partial charge in [0.05, 0.1) is 5.56 Å². The van der Waals surface area contributed by atoms with Crippen LogP contribution in [0.15, 0.2) is 54.6 Å². The summed E-state index contributed by atoms with van der Waals surface area (Å²) in [6.07, 6.45) is -2.94. The topological polar surface area (TPSA) is 150 Å². The van der Waals surface area contributed by atoms with Gasteiger partial charge < -0.3 is 25.1 Å². The van der Waals surface area contributed by atoms with E-state index in [-0.39, 0.29) is 17.7 Å². The van der Waals surface area contributed by atoms with Gasteiger partial charge in [0, 0.05) is 12.5 Å². The Morgan fingerprint density at radius 2 is 1.66 bits per heavy atom. The summed E-state index contributed by atoms with van der Waals surface area (Å²) in [6, 6.07) is 12.8. The van der Waals surface area contributed by atoms with Crippen LogP contribution in [0.25, 0.3) is 0 Å². The molecule has 2 aromatic rings. The highest BCUT2D eigenvalue weighted by Gasteiger charge is 2.34. The Kier molecular flexibility index (Phi) is 8.30. The van der Waals surface area contributed by atoms with E-state index in [2.05, 4.69) is 5.32 Å². The number of carbonyl (C=O) groups is 3.